The molecule has 31 heavy (non-hydrogen) atoms. The Morgan fingerprint density at radius 1 is 1.06 bits per heavy atom. The number of halogens is 2. The van der Waals surface area contributed by atoms with Crippen molar-refractivity contribution in [1.82, 2.24) is 29.7 Å². The van der Waals surface area contributed by atoms with E-state index < -0.39 is 5.82 Å². The van der Waals surface area contributed by atoms with Crippen molar-refractivity contribution in [1.29, 1.82) is 0 Å². The molecule has 10 heteroatoms. The van der Waals surface area contributed by atoms with Crippen molar-refractivity contribution < 1.29 is 8.78 Å². The number of pyridine rings is 1. The second-order valence-electron chi connectivity index (χ2n) is 8.30. The highest BCUT2D eigenvalue weighted by molar-refractivity contribution is 5.94. The summed E-state index contributed by atoms with van der Waals surface area (Å²) in [6.07, 6.45) is 1.61. The van der Waals surface area contributed by atoms with Crippen LogP contribution in [0.2, 0.25) is 0 Å². The van der Waals surface area contributed by atoms with Gasteiger partial charge in [0, 0.05) is 44.0 Å². The van der Waals surface area contributed by atoms with Gasteiger partial charge in [0.25, 0.3) is 0 Å². The van der Waals surface area contributed by atoms with Crippen molar-refractivity contribution >= 4 is 33.7 Å². The van der Waals surface area contributed by atoms with E-state index in [1.807, 2.05) is 6.07 Å². The normalized spacial score (nSPS) is 19.5. The quantitative estimate of drug-likeness (QED) is 0.524. The van der Waals surface area contributed by atoms with Gasteiger partial charge in [0.2, 0.25) is 0 Å². The molecule has 1 aliphatic heterocycles. The summed E-state index contributed by atoms with van der Waals surface area (Å²) in [5.74, 6) is -0.107. The van der Waals surface area contributed by atoms with Gasteiger partial charge in [0.15, 0.2) is 17.3 Å². The van der Waals surface area contributed by atoms with Gasteiger partial charge in [-0.05, 0) is 32.9 Å². The van der Waals surface area contributed by atoms with Crippen molar-refractivity contribution in [2.45, 2.75) is 32.9 Å². The van der Waals surface area contributed by atoms with Crippen molar-refractivity contribution in [3.63, 3.8) is 0 Å². The molecule has 0 amide bonds. The van der Waals surface area contributed by atoms with Crippen LogP contribution in [-0.2, 0) is 7.05 Å². The molecule has 5 rings (SSSR count). The van der Waals surface area contributed by atoms with Gasteiger partial charge in [0.05, 0.1) is 22.8 Å². The number of nitrogens with one attached hydrogen (secondary N) is 2. The van der Waals surface area contributed by atoms with Crippen LogP contribution >= 0.6 is 0 Å². The van der Waals surface area contributed by atoms with Crippen LogP contribution < -0.4 is 15.5 Å². The molecule has 2 N–H and O–H groups in total. The first-order valence-electron chi connectivity index (χ1n) is 10.3. The van der Waals surface area contributed by atoms with Crippen LogP contribution in [0.15, 0.2) is 24.4 Å². The Labute approximate surface area is 177 Å². The van der Waals surface area contributed by atoms with Gasteiger partial charge in [-0.1, -0.05) is 0 Å². The first-order valence-corrected chi connectivity index (χ1v) is 10.3. The molecule has 0 bridgehead atoms. The lowest BCUT2D eigenvalue weighted by molar-refractivity contribution is 0.407. The van der Waals surface area contributed by atoms with Crippen LogP contribution in [0.5, 0.6) is 0 Å². The summed E-state index contributed by atoms with van der Waals surface area (Å²) in [4.78, 5) is 6.24. The number of piperazine rings is 1. The number of hydrogen-bond donors (Lipinski definition) is 2. The summed E-state index contributed by atoms with van der Waals surface area (Å²) in [5.41, 5.74) is 2.03. The molecule has 1 saturated heterocycles. The third-order valence-electron chi connectivity index (χ3n) is 5.57. The minimum atomic E-state index is -0.518. The number of hydrogen-bond acceptors (Lipinski definition) is 6. The minimum Gasteiger partial charge on any atom is -0.368 e. The van der Waals surface area contributed by atoms with Crippen LogP contribution in [0.3, 0.4) is 0 Å². The lowest BCUT2D eigenvalue weighted by atomic mass is 10.1. The van der Waals surface area contributed by atoms with E-state index in [1.165, 1.54) is 10.6 Å². The van der Waals surface area contributed by atoms with Gasteiger partial charge < -0.3 is 15.5 Å². The van der Waals surface area contributed by atoms with Crippen LogP contribution in [-0.4, -0.2) is 49.6 Å². The number of aromatic nitrogens is 5. The molecule has 0 radical (unpaired) electrons. The van der Waals surface area contributed by atoms with Gasteiger partial charge in [-0.3, -0.25) is 4.68 Å². The first kappa shape index (κ1) is 19.7. The molecule has 8 nitrogen and oxygen atoms in total. The predicted molar refractivity (Wildman–Crippen MR) is 116 cm³/mol. The highest BCUT2D eigenvalue weighted by atomic mass is 19.1. The molecular formula is C21H24F2N8. The third-order valence-corrected chi connectivity index (χ3v) is 5.57. The van der Waals surface area contributed by atoms with E-state index in [4.69, 9.17) is 0 Å². The fraction of sp³-hybridized carbons (Fsp3) is 0.381. The van der Waals surface area contributed by atoms with Crippen LogP contribution in [0.1, 0.15) is 19.7 Å². The van der Waals surface area contributed by atoms with E-state index in [0.29, 0.717) is 40.3 Å². The topological polar surface area (TPSA) is 75.3 Å². The van der Waals surface area contributed by atoms with Gasteiger partial charge in [-0.15, -0.1) is 0 Å². The number of nitrogens with zero attached hydrogens (tertiary/aromatic N) is 6. The zero-order valence-corrected chi connectivity index (χ0v) is 17.8. The summed E-state index contributed by atoms with van der Waals surface area (Å²) in [6, 6.07) is 5.43. The monoisotopic (exact) mass is 426 g/mol. The molecule has 1 aromatic carbocycles. The van der Waals surface area contributed by atoms with E-state index in [-0.39, 0.29) is 11.5 Å². The number of rotatable bonds is 3. The standard InChI is InChI=1S/C21H24F2N8/c1-11-8-30(9-12(2)24-11)15-6-16(22)19-18(7-15)29(4)28-20(19)26-14-5-17(23)21-25-13(3)27-31(21)10-14/h5-7,10-12,24H,8-9H2,1-4H3,(H,26,28). The zero-order valence-electron chi connectivity index (χ0n) is 17.8. The average Bonchev–Trinajstić information content (AvgIpc) is 3.21. The Balaban J connectivity index is 1.53. The molecular weight excluding hydrogens is 402 g/mol. The second kappa shape index (κ2) is 7.16. The second-order valence-corrected chi connectivity index (χ2v) is 8.30. The van der Waals surface area contributed by atoms with Crippen LogP contribution in [0.4, 0.5) is 26.0 Å². The molecule has 1 fully saturated rings. The van der Waals surface area contributed by atoms with E-state index >= 15 is 4.39 Å². The molecule has 2 atom stereocenters. The number of aryl methyl sites for hydroxylation is 2. The summed E-state index contributed by atoms with van der Waals surface area (Å²) < 4.78 is 32.7. The molecule has 4 heterocycles. The fourth-order valence-electron chi connectivity index (χ4n) is 4.39. The molecule has 0 saturated carbocycles. The van der Waals surface area contributed by atoms with Crippen molar-refractivity contribution in [3.8, 4) is 0 Å². The maximum Gasteiger partial charge on any atom is 0.191 e. The smallest absolute Gasteiger partial charge is 0.191 e. The SMILES string of the molecule is Cc1nc2c(F)cc(Nc3nn(C)c4cc(N5CC(C)NC(C)C5)cc(F)c34)cn2n1. The van der Waals surface area contributed by atoms with Gasteiger partial charge in [-0.25, -0.2) is 18.3 Å². The highest BCUT2D eigenvalue weighted by Crippen LogP contribution is 2.32. The fourth-order valence-corrected chi connectivity index (χ4v) is 4.39. The largest absolute Gasteiger partial charge is 0.368 e. The molecule has 0 aliphatic carbocycles. The number of fused-ring (bicyclic) bond motifs is 2. The summed E-state index contributed by atoms with van der Waals surface area (Å²) in [5, 5.41) is 15.5. The zero-order chi connectivity index (χ0) is 21.9. The molecule has 3 aromatic heterocycles. The lowest BCUT2D eigenvalue weighted by Crippen LogP contribution is -2.54. The summed E-state index contributed by atoms with van der Waals surface area (Å²) in [6.45, 7) is 7.54. The Morgan fingerprint density at radius 2 is 1.81 bits per heavy atom. The maximum absolute atomic E-state index is 15.3. The van der Waals surface area contributed by atoms with Crippen molar-refractivity contribution in [2.24, 2.45) is 7.05 Å². The third kappa shape index (κ3) is 3.46. The van der Waals surface area contributed by atoms with Gasteiger partial charge in [0.1, 0.15) is 11.6 Å². The van der Waals surface area contributed by atoms with Crippen molar-refractivity contribution in [2.75, 3.05) is 23.3 Å². The van der Waals surface area contributed by atoms with Crippen molar-refractivity contribution in [3.05, 3.63) is 41.9 Å². The number of anilines is 3. The molecule has 1 aliphatic rings. The van der Waals surface area contributed by atoms with E-state index in [2.05, 4.69) is 44.6 Å². The minimum absolute atomic E-state index is 0.143. The maximum atomic E-state index is 15.3. The summed E-state index contributed by atoms with van der Waals surface area (Å²) >= 11 is 0. The summed E-state index contributed by atoms with van der Waals surface area (Å²) in [7, 11) is 1.77. The Bertz CT molecular complexity index is 1280. The van der Waals surface area contributed by atoms with E-state index in [1.54, 1.807) is 30.9 Å². The first-order chi connectivity index (χ1) is 14.8. The molecule has 0 spiro atoms. The Morgan fingerprint density at radius 3 is 2.55 bits per heavy atom. The predicted octanol–water partition coefficient (Wildman–Crippen LogP) is 3.13. The molecule has 2 unspecified atom stereocenters. The van der Waals surface area contributed by atoms with Crippen LogP contribution in [0.25, 0.3) is 16.6 Å². The Kier molecular flexibility index (Phi) is 4.54. The van der Waals surface area contributed by atoms with Gasteiger partial charge >= 0.3 is 0 Å². The lowest BCUT2D eigenvalue weighted by Gasteiger charge is -2.37. The molecule has 4 aromatic rings. The van der Waals surface area contributed by atoms with E-state index in [0.717, 1.165) is 18.8 Å². The van der Waals surface area contributed by atoms with E-state index in [9.17, 15) is 4.39 Å². The van der Waals surface area contributed by atoms with Crippen LogP contribution in [0, 0.1) is 18.6 Å². The number of benzene rings is 1. The molecule has 162 valence electrons. The van der Waals surface area contributed by atoms with Gasteiger partial charge in [-0.2, -0.15) is 10.2 Å². The average molecular weight is 426 g/mol. The Hall–Kier alpha value is -3.27. The highest BCUT2D eigenvalue weighted by Gasteiger charge is 2.24.